The number of ether oxygens (including phenoxy) is 1. The van der Waals surface area contributed by atoms with E-state index in [1.165, 1.54) is 11.3 Å². The van der Waals surface area contributed by atoms with Crippen molar-refractivity contribution in [2.75, 3.05) is 13.2 Å². The molecule has 1 aromatic carbocycles. The van der Waals surface area contributed by atoms with E-state index in [0.29, 0.717) is 13.0 Å². The van der Waals surface area contributed by atoms with Crippen LogP contribution in [0.1, 0.15) is 25.8 Å². The number of nitrogens with one attached hydrogen (secondary N) is 1. The van der Waals surface area contributed by atoms with Crippen molar-refractivity contribution in [3.8, 4) is 5.75 Å². The van der Waals surface area contributed by atoms with Crippen molar-refractivity contribution in [3.05, 3.63) is 52.7 Å². The van der Waals surface area contributed by atoms with Gasteiger partial charge in [0.2, 0.25) is 5.91 Å². The average molecular weight is 333 g/mol. The Morgan fingerprint density at radius 3 is 2.74 bits per heavy atom. The highest BCUT2D eigenvalue weighted by atomic mass is 32.1. The first-order valence-electron chi connectivity index (χ1n) is 7.69. The van der Waals surface area contributed by atoms with Crippen LogP contribution in [0.4, 0.5) is 0 Å². The van der Waals surface area contributed by atoms with Crippen LogP contribution in [-0.2, 0) is 10.4 Å². The van der Waals surface area contributed by atoms with E-state index in [-0.39, 0.29) is 18.4 Å². The number of benzene rings is 1. The van der Waals surface area contributed by atoms with Crippen LogP contribution in [0.2, 0.25) is 0 Å². The smallest absolute Gasteiger partial charge is 0.223 e. The third kappa shape index (κ3) is 5.37. The number of aliphatic hydroxyl groups is 1. The third-order valence-electron chi connectivity index (χ3n) is 3.76. The lowest BCUT2D eigenvalue weighted by atomic mass is 9.98. The Balaban J connectivity index is 1.72. The third-order valence-corrected chi connectivity index (χ3v) is 4.44. The molecule has 0 spiro atoms. The van der Waals surface area contributed by atoms with Gasteiger partial charge in [0.05, 0.1) is 13.2 Å². The monoisotopic (exact) mass is 333 g/mol. The maximum Gasteiger partial charge on any atom is 0.223 e. The number of para-hydroxylation sites is 1. The van der Waals surface area contributed by atoms with E-state index in [1.54, 1.807) is 6.92 Å². The summed E-state index contributed by atoms with van der Waals surface area (Å²) in [5.74, 6) is 0.564. The Bertz CT molecular complexity index is 596. The summed E-state index contributed by atoms with van der Waals surface area (Å²) in [6.07, 6.45) is 0.626. The van der Waals surface area contributed by atoms with Crippen molar-refractivity contribution >= 4 is 17.2 Å². The number of carbonyl (C=O) groups is 1. The van der Waals surface area contributed by atoms with Crippen molar-refractivity contribution in [2.45, 2.75) is 25.9 Å². The highest BCUT2D eigenvalue weighted by molar-refractivity contribution is 7.08. The minimum absolute atomic E-state index is 0.0721. The first-order chi connectivity index (χ1) is 11.0. The average Bonchev–Trinajstić information content (AvgIpc) is 3.09. The second-order valence-electron chi connectivity index (χ2n) is 5.85. The number of thiophene rings is 1. The van der Waals surface area contributed by atoms with Crippen LogP contribution in [-0.4, -0.2) is 24.2 Å². The number of carbonyl (C=O) groups excluding carboxylic acids is 1. The van der Waals surface area contributed by atoms with Gasteiger partial charge in [-0.15, -0.1) is 0 Å². The quantitative estimate of drug-likeness (QED) is 0.780. The van der Waals surface area contributed by atoms with E-state index < -0.39 is 5.60 Å². The Labute approximate surface area is 141 Å². The Morgan fingerprint density at radius 2 is 2.09 bits per heavy atom. The minimum Gasteiger partial charge on any atom is -0.494 e. The Kier molecular flexibility index (Phi) is 6.19. The molecule has 2 aromatic rings. The summed E-state index contributed by atoms with van der Waals surface area (Å²) in [6, 6.07) is 11.4. The van der Waals surface area contributed by atoms with E-state index in [2.05, 4.69) is 5.32 Å². The Morgan fingerprint density at radius 1 is 1.35 bits per heavy atom. The zero-order chi connectivity index (χ0) is 16.7. The summed E-state index contributed by atoms with van der Waals surface area (Å²) in [4.78, 5) is 12.1. The lowest BCUT2D eigenvalue weighted by Crippen LogP contribution is -2.40. The number of rotatable bonds is 8. The van der Waals surface area contributed by atoms with E-state index in [9.17, 15) is 9.90 Å². The van der Waals surface area contributed by atoms with Gasteiger partial charge in [-0.1, -0.05) is 25.1 Å². The molecule has 2 unspecified atom stereocenters. The molecule has 0 aliphatic rings. The lowest BCUT2D eigenvalue weighted by Gasteiger charge is -2.24. The zero-order valence-corrected chi connectivity index (χ0v) is 14.3. The molecule has 2 atom stereocenters. The molecule has 1 aromatic heterocycles. The molecule has 0 bridgehead atoms. The SMILES string of the molecule is CC(CCOc1ccccc1)C(=O)NCC(C)(O)c1ccsc1. The van der Waals surface area contributed by atoms with Crippen LogP contribution >= 0.6 is 11.3 Å². The van der Waals surface area contributed by atoms with Gasteiger partial charge < -0.3 is 15.2 Å². The molecule has 4 nitrogen and oxygen atoms in total. The summed E-state index contributed by atoms with van der Waals surface area (Å²) in [6.45, 7) is 4.26. The fourth-order valence-electron chi connectivity index (χ4n) is 2.11. The largest absolute Gasteiger partial charge is 0.494 e. The second-order valence-corrected chi connectivity index (χ2v) is 6.63. The normalized spacial score (nSPS) is 14.7. The van der Waals surface area contributed by atoms with E-state index in [1.807, 2.05) is 54.1 Å². The molecule has 1 amide bonds. The standard InChI is InChI=1S/C18H23NO3S/c1-14(8-10-22-16-6-4-3-5-7-16)17(20)19-13-18(2,21)15-9-11-23-12-15/h3-7,9,11-12,14,21H,8,10,13H2,1-2H3,(H,19,20). The molecule has 23 heavy (non-hydrogen) atoms. The van der Waals surface area contributed by atoms with Crippen molar-refractivity contribution < 1.29 is 14.6 Å². The minimum atomic E-state index is -1.05. The van der Waals surface area contributed by atoms with Gasteiger partial charge in [0.25, 0.3) is 0 Å². The number of hydrogen-bond donors (Lipinski definition) is 2. The maximum atomic E-state index is 12.1. The molecular weight excluding hydrogens is 310 g/mol. The van der Waals surface area contributed by atoms with E-state index in [4.69, 9.17) is 4.74 Å². The number of hydrogen-bond acceptors (Lipinski definition) is 4. The lowest BCUT2D eigenvalue weighted by molar-refractivity contribution is -0.126. The number of amides is 1. The highest BCUT2D eigenvalue weighted by Crippen LogP contribution is 2.22. The van der Waals surface area contributed by atoms with Crippen LogP contribution in [0.3, 0.4) is 0 Å². The summed E-state index contributed by atoms with van der Waals surface area (Å²) in [5, 5.41) is 17.0. The molecular formula is C18H23NO3S. The topological polar surface area (TPSA) is 58.6 Å². The van der Waals surface area contributed by atoms with Gasteiger partial charge in [-0.2, -0.15) is 11.3 Å². The first kappa shape index (κ1) is 17.5. The summed E-state index contributed by atoms with van der Waals surface area (Å²) >= 11 is 1.53. The molecule has 0 radical (unpaired) electrons. The zero-order valence-electron chi connectivity index (χ0n) is 13.5. The van der Waals surface area contributed by atoms with Crippen molar-refractivity contribution in [3.63, 3.8) is 0 Å². The van der Waals surface area contributed by atoms with Crippen LogP contribution in [0.25, 0.3) is 0 Å². The molecule has 0 saturated carbocycles. The van der Waals surface area contributed by atoms with Gasteiger partial charge in [-0.25, -0.2) is 0 Å². The highest BCUT2D eigenvalue weighted by Gasteiger charge is 2.25. The molecule has 1 heterocycles. The molecule has 0 aliphatic heterocycles. The molecule has 0 aliphatic carbocycles. The van der Waals surface area contributed by atoms with Crippen molar-refractivity contribution in [1.82, 2.24) is 5.32 Å². The molecule has 0 saturated heterocycles. The Hall–Kier alpha value is -1.85. The van der Waals surface area contributed by atoms with Gasteiger partial charge in [0.15, 0.2) is 0 Å². The molecule has 2 rings (SSSR count). The van der Waals surface area contributed by atoms with Crippen molar-refractivity contribution in [1.29, 1.82) is 0 Å². The summed E-state index contributed by atoms with van der Waals surface area (Å²) < 4.78 is 5.60. The van der Waals surface area contributed by atoms with Gasteiger partial charge in [-0.3, -0.25) is 4.79 Å². The predicted octanol–water partition coefficient (Wildman–Crippen LogP) is 3.18. The molecule has 124 valence electrons. The summed E-state index contributed by atoms with van der Waals surface area (Å²) in [5.41, 5.74) is -0.224. The van der Waals surface area contributed by atoms with Gasteiger partial charge in [0, 0.05) is 5.92 Å². The fourth-order valence-corrected chi connectivity index (χ4v) is 2.89. The van der Waals surface area contributed by atoms with Gasteiger partial charge in [0.1, 0.15) is 11.4 Å². The first-order valence-corrected chi connectivity index (χ1v) is 8.64. The van der Waals surface area contributed by atoms with Crippen LogP contribution in [0.15, 0.2) is 47.2 Å². The second kappa shape index (κ2) is 8.13. The molecule has 0 fully saturated rings. The predicted molar refractivity (Wildman–Crippen MR) is 92.6 cm³/mol. The van der Waals surface area contributed by atoms with E-state index in [0.717, 1.165) is 11.3 Å². The van der Waals surface area contributed by atoms with Crippen LogP contribution in [0.5, 0.6) is 5.75 Å². The van der Waals surface area contributed by atoms with Crippen LogP contribution < -0.4 is 10.1 Å². The molecule has 2 N–H and O–H groups in total. The molecule has 5 heteroatoms. The van der Waals surface area contributed by atoms with Crippen LogP contribution in [0, 0.1) is 5.92 Å². The summed E-state index contributed by atoms with van der Waals surface area (Å²) in [7, 11) is 0. The maximum absolute atomic E-state index is 12.1. The fraction of sp³-hybridized carbons (Fsp3) is 0.389. The van der Waals surface area contributed by atoms with Crippen molar-refractivity contribution in [2.24, 2.45) is 5.92 Å². The van der Waals surface area contributed by atoms with E-state index >= 15 is 0 Å². The van der Waals surface area contributed by atoms with Gasteiger partial charge >= 0.3 is 0 Å². The van der Waals surface area contributed by atoms with Gasteiger partial charge in [-0.05, 0) is 47.9 Å².